The summed E-state index contributed by atoms with van der Waals surface area (Å²) in [5.74, 6) is -0.178. The van der Waals surface area contributed by atoms with Gasteiger partial charge in [0.05, 0.1) is 12.2 Å². The van der Waals surface area contributed by atoms with Gasteiger partial charge in [0.25, 0.3) is 0 Å². The molecule has 1 aliphatic heterocycles. The molecule has 2 rings (SSSR count). The maximum atomic E-state index is 13.5. The quantitative estimate of drug-likeness (QED) is 0.850. The number of aliphatic hydroxyl groups is 2. The summed E-state index contributed by atoms with van der Waals surface area (Å²) < 4.78 is 13.5. The van der Waals surface area contributed by atoms with E-state index in [2.05, 4.69) is 4.90 Å². The maximum absolute atomic E-state index is 13.5. The Hall–Kier alpha value is -0.970. The number of hydrogen-bond donors (Lipinski definition) is 2. The van der Waals surface area contributed by atoms with Gasteiger partial charge in [0, 0.05) is 19.1 Å². The number of hydrogen-bond acceptors (Lipinski definition) is 3. The van der Waals surface area contributed by atoms with Crippen molar-refractivity contribution in [2.24, 2.45) is 0 Å². The maximum Gasteiger partial charge on any atom is 0.126 e. The third-order valence-corrected chi connectivity index (χ3v) is 3.70. The molecule has 0 spiro atoms. The van der Waals surface area contributed by atoms with E-state index in [1.165, 1.54) is 6.07 Å². The minimum atomic E-state index is -0.693. The average Bonchev–Trinajstić information content (AvgIpc) is 2.34. The summed E-state index contributed by atoms with van der Waals surface area (Å²) in [5.41, 5.74) is 0.699. The smallest absolute Gasteiger partial charge is 0.126 e. The molecule has 1 saturated heterocycles. The lowest BCUT2D eigenvalue weighted by molar-refractivity contribution is -0.0572. The van der Waals surface area contributed by atoms with Crippen molar-refractivity contribution < 1.29 is 14.6 Å². The normalized spacial score (nSPS) is 29.4. The first-order chi connectivity index (χ1) is 8.58. The van der Waals surface area contributed by atoms with Gasteiger partial charge in [-0.2, -0.15) is 0 Å². The molecule has 1 aromatic carbocycles. The van der Waals surface area contributed by atoms with E-state index in [9.17, 15) is 14.6 Å². The number of β-amino-alcohol motifs (C(OH)–C–C–N with tert-alkyl or cyclic N) is 1. The second-order valence-corrected chi connectivity index (χ2v) is 5.06. The van der Waals surface area contributed by atoms with Crippen molar-refractivity contribution in [2.75, 3.05) is 13.1 Å². The number of rotatable bonds is 3. The van der Waals surface area contributed by atoms with E-state index in [1.54, 1.807) is 12.1 Å². The molecule has 100 valence electrons. The molecule has 3 nitrogen and oxygen atoms in total. The Balaban J connectivity index is 1.92. The molecule has 0 aliphatic carbocycles. The molecular weight excluding hydrogens is 233 g/mol. The fourth-order valence-electron chi connectivity index (χ4n) is 2.47. The van der Waals surface area contributed by atoms with Gasteiger partial charge >= 0.3 is 0 Å². The molecule has 1 heterocycles. The number of piperidine rings is 1. The largest absolute Gasteiger partial charge is 0.390 e. The molecule has 1 aliphatic rings. The summed E-state index contributed by atoms with van der Waals surface area (Å²) >= 11 is 0. The van der Waals surface area contributed by atoms with Crippen LogP contribution in [0.15, 0.2) is 24.3 Å². The van der Waals surface area contributed by atoms with Gasteiger partial charge in [0.1, 0.15) is 5.82 Å². The fourth-order valence-corrected chi connectivity index (χ4v) is 2.47. The predicted molar refractivity (Wildman–Crippen MR) is 67.8 cm³/mol. The lowest BCUT2D eigenvalue weighted by atomic mass is 9.97. The monoisotopic (exact) mass is 253 g/mol. The van der Waals surface area contributed by atoms with Crippen molar-refractivity contribution in [1.82, 2.24) is 4.90 Å². The van der Waals surface area contributed by atoms with Gasteiger partial charge in [-0.05, 0) is 31.4 Å². The van der Waals surface area contributed by atoms with Gasteiger partial charge in [0.15, 0.2) is 0 Å². The highest BCUT2D eigenvalue weighted by atomic mass is 19.1. The number of benzene rings is 1. The van der Waals surface area contributed by atoms with Crippen LogP contribution in [0.2, 0.25) is 0 Å². The van der Waals surface area contributed by atoms with Gasteiger partial charge in [-0.3, -0.25) is 4.90 Å². The summed E-state index contributed by atoms with van der Waals surface area (Å²) in [4.78, 5) is 2.10. The first-order valence-corrected chi connectivity index (χ1v) is 6.41. The first-order valence-electron chi connectivity index (χ1n) is 6.41. The molecule has 1 fully saturated rings. The number of aliphatic hydroxyl groups excluding tert-OH is 2. The zero-order valence-electron chi connectivity index (χ0n) is 10.6. The standard InChI is InChI=1S/C14H20FNO2/c1-10-8-13(17)14(18)9-16(10)7-6-11-4-2-3-5-12(11)15/h2-5,10,13-14,17-18H,6-9H2,1H3/t10-,13?,14-/m0/s1. The molecule has 0 bridgehead atoms. The van der Waals surface area contributed by atoms with Crippen LogP contribution in [0.25, 0.3) is 0 Å². The summed E-state index contributed by atoms with van der Waals surface area (Å²) in [6.45, 7) is 3.18. The highest BCUT2D eigenvalue weighted by molar-refractivity contribution is 5.17. The summed E-state index contributed by atoms with van der Waals surface area (Å²) in [7, 11) is 0. The molecule has 3 atom stereocenters. The van der Waals surface area contributed by atoms with Gasteiger partial charge in [0.2, 0.25) is 0 Å². The Morgan fingerprint density at radius 2 is 2.00 bits per heavy atom. The number of halogens is 1. The van der Waals surface area contributed by atoms with Gasteiger partial charge in [-0.25, -0.2) is 4.39 Å². The second kappa shape index (κ2) is 5.78. The lowest BCUT2D eigenvalue weighted by Crippen LogP contribution is -2.51. The molecule has 4 heteroatoms. The second-order valence-electron chi connectivity index (χ2n) is 5.06. The Labute approximate surface area is 107 Å². The van der Waals surface area contributed by atoms with Crippen LogP contribution < -0.4 is 0 Å². The van der Waals surface area contributed by atoms with Crippen molar-refractivity contribution in [1.29, 1.82) is 0 Å². The van der Waals surface area contributed by atoms with Gasteiger partial charge in [-0.1, -0.05) is 18.2 Å². The van der Waals surface area contributed by atoms with Crippen molar-refractivity contribution in [2.45, 2.75) is 38.0 Å². The zero-order valence-corrected chi connectivity index (χ0v) is 10.6. The molecule has 1 unspecified atom stereocenters. The van der Waals surface area contributed by atoms with E-state index in [0.717, 1.165) is 0 Å². The van der Waals surface area contributed by atoms with Crippen LogP contribution >= 0.6 is 0 Å². The van der Waals surface area contributed by atoms with E-state index < -0.39 is 12.2 Å². The highest BCUT2D eigenvalue weighted by Crippen LogP contribution is 2.18. The Kier molecular flexibility index (Phi) is 4.32. The van der Waals surface area contributed by atoms with E-state index in [1.807, 2.05) is 13.0 Å². The predicted octanol–water partition coefficient (Wildman–Crippen LogP) is 1.18. The molecule has 0 radical (unpaired) electrons. The van der Waals surface area contributed by atoms with Crippen molar-refractivity contribution in [3.8, 4) is 0 Å². The highest BCUT2D eigenvalue weighted by Gasteiger charge is 2.30. The molecular formula is C14H20FNO2. The molecule has 0 amide bonds. The number of likely N-dealkylation sites (tertiary alicyclic amines) is 1. The molecule has 0 aromatic heterocycles. The topological polar surface area (TPSA) is 43.7 Å². The molecule has 1 aromatic rings. The van der Waals surface area contributed by atoms with Crippen molar-refractivity contribution in [3.63, 3.8) is 0 Å². The van der Waals surface area contributed by atoms with Crippen LogP contribution in [0, 0.1) is 5.82 Å². The van der Waals surface area contributed by atoms with E-state index in [4.69, 9.17) is 0 Å². The lowest BCUT2D eigenvalue weighted by Gasteiger charge is -2.38. The average molecular weight is 253 g/mol. The van der Waals surface area contributed by atoms with Gasteiger partial charge < -0.3 is 10.2 Å². The Bertz CT molecular complexity index is 399. The van der Waals surface area contributed by atoms with Crippen molar-refractivity contribution in [3.05, 3.63) is 35.6 Å². The van der Waals surface area contributed by atoms with Crippen LogP contribution in [0.1, 0.15) is 18.9 Å². The molecule has 2 N–H and O–H groups in total. The summed E-state index contributed by atoms with van der Waals surface area (Å²) in [6, 6.07) is 6.98. The van der Waals surface area contributed by atoms with Crippen LogP contribution in [-0.4, -0.2) is 46.5 Å². The van der Waals surface area contributed by atoms with E-state index in [-0.39, 0.29) is 11.9 Å². The van der Waals surface area contributed by atoms with Crippen LogP contribution in [0.5, 0.6) is 0 Å². The van der Waals surface area contributed by atoms with Crippen LogP contribution in [-0.2, 0) is 6.42 Å². The third kappa shape index (κ3) is 3.07. The Morgan fingerprint density at radius 3 is 2.72 bits per heavy atom. The molecule has 18 heavy (non-hydrogen) atoms. The minimum absolute atomic E-state index is 0.178. The summed E-state index contributed by atoms with van der Waals surface area (Å²) in [5, 5.41) is 19.2. The van der Waals surface area contributed by atoms with Crippen LogP contribution in [0.3, 0.4) is 0 Å². The zero-order chi connectivity index (χ0) is 13.1. The van der Waals surface area contributed by atoms with E-state index >= 15 is 0 Å². The van der Waals surface area contributed by atoms with Crippen molar-refractivity contribution >= 4 is 0 Å². The minimum Gasteiger partial charge on any atom is -0.390 e. The van der Waals surface area contributed by atoms with Gasteiger partial charge in [-0.15, -0.1) is 0 Å². The van der Waals surface area contributed by atoms with E-state index in [0.29, 0.717) is 31.5 Å². The third-order valence-electron chi connectivity index (χ3n) is 3.70. The van der Waals surface area contributed by atoms with Crippen LogP contribution in [0.4, 0.5) is 4.39 Å². The fraction of sp³-hybridized carbons (Fsp3) is 0.571. The number of nitrogens with zero attached hydrogens (tertiary/aromatic N) is 1. The molecule has 0 saturated carbocycles. The first kappa shape index (κ1) is 13.5. The SMILES string of the molecule is C[C@H]1CC(O)[C@@H](O)CN1CCc1ccccc1F. The Morgan fingerprint density at radius 1 is 1.28 bits per heavy atom. The summed E-state index contributed by atoms with van der Waals surface area (Å²) in [6.07, 6.45) is -0.135.